The Morgan fingerprint density at radius 3 is 2.20 bits per heavy atom. The Bertz CT molecular complexity index is 477. The van der Waals surface area contributed by atoms with Gasteiger partial charge in [-0.25, -0.2) is 0 Å². The number of hydrogen-bond acceptors (Lipinski definition) is 2. The lowest BCUT2D eigenvalue weighted by Gasteiger charge is -2.15. The van der Waals surface area contributed by atoms with Crippen molar-refractivity contribution >= 4 is 10.1 Å². The minimum absolute atomic E-state index is 0.0303. The summed E-state index contributed by atoms with van der Waals surface area (Å²) in [6.07, 6.45) is 8.49. The van der Waals surface area contributed by atoms with Crippen molar-refractivity contribution in [1.82, 2.24) is 0 Å². The Kier molecular flexibility index (Phi) is 7.24. The molecule has 0 saturated heterocycles. The van der Waals surface area contributed by atoms with Crippen LogP contribution in [0.4, 0.5) is 0 Å². The van der Waals surface area contributed by atoms with Gasteiger partial charge in [0.1, 0.15) is 0 Å². The van der Waals surface area contributed by atoms with Gasteiger partial charge in [0.25, 0.3) is 10.1 Å². The molecule has 3 nitrogen and oxygen atoms in total. The van der Waals surface area contributed by atoms with Crippen LogP contribution in [0.25, 0.3) is 0 Å². The Hall–Kier alpha value is -0.870. The molecule has 1 aromatic carbocycles. The highest BCUT2D eigenvalue weighted by molar-refractivity contribution is 7.85. The number of rotatable bonds is 9. The Morgan fingerprint density at radius 1 is 1.05 bits per heavy atom. The zero-order valence-corrected chi connectivity index (χ0v) is 13.3. The molecule has 0 heterocycles. The van der Waals surface area contributed by atoms with E-state index in [1.807, 2.05) is 0 Å². The van der Waals surface area contributed by atoms with Gasteiger partial charge in [-0.1, -0.05) is 64.5 Å². The molecular formula is C16H26O3S. The summed E-state index contributed by atoms with van der Waals surface area (Å²) < 4.78 is 30.9. The molecular weight excluding hydrogens is 272 g/mol. The first-order chi connectivity index (χ1) is 9.47. The lowest BCUT2D eigenvalue weighted by atomic mass is 9.91. The third-order valence-corrected chi connectivity index (χ3v) is 4.66. The average molecular weight is 298 g/mol. The van der Waals surface area contributed by atoms with Crippen LogP contribution in [0.2, 0.25) is 0 Å². The standard InChI is InChI=1S/C16H26O3S/c1-3-5-6-7-8-14(4-2)13-15-9-11-16(12-10-15)20(17,18)19/h9-12,14H,3-8,13H2,1-2H3,(H,17,18,19). The molecule has 1 rings (SSSR count). The van der Waals surface area contributed by atoms with Crippen LogP contribution in [0, 0.1) is 5.92 Å². The summed E-state index contributed by atoms with van der Waals surface area (Å²) in [7, 11) is -4.07. The summed E-state index contributed by atoms with van der Waals surface area (Å²) in [5.74, 6) is 0.656. The highest BCUT2D eigenvalue weighted by atomic mass is 32.2. The van der Waals surface area contributed by atoms with E-state index in [0.717, 1.165) is 18.4 Å². The van der Waals surface area contributed by atoms with E-state index < -0.39 is 10.1 Å². The maximum Gasteiger partial charge on any atom is 0.294 e. The molecule has 0 aliphatic heterocycles. The fraction of sp³-hybridized carbons (Fsp3) is 0.625. The molecule has 0 spiro atoms. The zero-order valence-electron chi connectivity index (χ0n) is 12.5. The lowest BCUT2D eigenvalue weighted by molar-refractivity contribution is 0.439. The van der Waals surface area contributed by atoms with E-state index in [9.17, 15) is 8.42 Å². The van der Waals surface area contributed by atoms with Gasteiger partial charge in [-0.3, -0.25) is 4.55 Å². The minimum atomic E-state index is -4.07. The number of unbranched alkanes of at least 4 members (excludes halogenated alkanes) is 3. The summed E-state index contributed by atoms with van der Waals surface area (Å²) in [5, 5.41) is 0. The van der Waals surface area contributed by atoms with E-state index in [1.165, 1.54) is 44.2 Å². The third-order valence-electron chi connectivity index (χ3n) is 3.79. The fourth-order valence-corrected chi connectivity index (χ4v) is 2.92. The molecule has 1 unspecified atom stereocenters. The molecule has 0 saturated carbocycles. The van der Waals surface area contributed by atoms with Crippen LogP contribution < -0.4 is 0 Å². The fourth-order valence-electron chi connectivity index (χ4n) is 2.44. The van der Waals surface area contributed by atoms with E-state index in [2.05, 4.69) is 13.8 Å². The van der Waals surface area contributed by atoms with Crippen molar-refractivity contribution in [2.24, 2.45) is 5.92 Å². The topological polar surface area (TPSA) is 54.4 Å². The van der Waals surface area contributed by atoms with Crippen LogP contribution in [0.15, 0.2) is 29.2 Å². The molecule has 0 fully saturated rings. The number of hydrogen-bond donors (Lipinski definition) is 1. The maximum atomic E-state index is 11.0. The predicted octanol–water partition coefficient (Wildman–Crippen LogP) is 4.47. The summed E-state index contributed by atoms with van der Waals surface area (Å²) in [6, 6.07) is 6.57. The van der Waals surface area contributed by atoms with Gasteiger partial charge in [0.2, 0.25) is 0 Å². The molecule has 0 aliphatic rings. The lowest BCUT2D eigenvalue weighted by Crippen LogP contribution is -2.04. The maximum absolute atomic E-state index is 11.0. The smallest absolute Gasteiger partial charge is 0.282 e. The van der Waals surface area contributed by atoms with E-state index in [4.69, 9.17) is 4.55 Å². The van der Waals surface area contributed by atoms with Crippen molar-refractivity contribution < 1.29 is 13.0 Å². The van der Waals surface area contributed by atoms with Crippen LogP contribution >= 0.6 is 0 Å². The van der Waals surface area contributed by atoms with E-state index in [1.54, 1.807) is 12.1 Å². The quantitative estimate of drug-likeness (QED) is 0.540. The Morgan fingerprint density at radius 2 is 1.70 bits per heavy atom. The van der Waals surface area contributed by atoms with Crippen molar-refractivity contribution in [2.45, 2.75) is 63.7 Å². The highest BCUT2D eigenvalue weighted by Crippen LogP contribution is 2.20. The normalized spacial score (nSPS) is 13.3. The molecule has 0 aliphatic carbocycles. The van der Waals surface area contributed by atoms with E-state index in [0.29, 0.717) is 5.92 Å². The van der Waals surface area contributed by atoms with Crippen LogP contribution in [0.1, 0.15) is 57.9 Å². The van der Waals surface area contributed by atoms with Gasteiger partial charge in [-0.05, 0) is 30.0 Å². The van der Waals surface area contributed by atoms with Crippen molar-refractivity contribution in [2.75, 3.05) is 0 Å². The summed E-state index contributed by atoms with van der Waals surface area (Å²) in [5.41, 5.74) is 1.14. The molecule has 1 aromatic rings. The molecule has 4 heteroatoms. The van der Waals surface area contributed by atoms with Gasteiger partial charge in [-0.2, -0.15) is 8.42 Å². The highest BCUT2D eigenvalue weighted by Gasteiger charge is 2.11. The third kappa shape index (κ3) is 6.06. The largest absolute Gasteiger partial charge is 0.294 e. The summed E-state index contributed by atoms with van der Waals surface area (Å²) >= 11 is 0. The van der Waals surface area contributed by atoms with Gasteiger partial charge in [-0.15, -0.1) is 0 Å². The van der Waals surface area contributed by atoms with Crippen LogP contribution in [0.3, 0.4) is 0 Å². The molecule has 0 aromatic heterocycles. The van der Waals surface area contributed by atoms with Gasteiger partial charge >= 0.3 is 0 Å². The van der Waals surface area contributed by atoms with Crippen LogP contribution in [0.5, 0.6) is 0 Å². The van der Waals surface area contributed by atoms with Crippen molar-refractivity contribution in [3.63, 3.8) is 0 Å². The molecule has 0 radical (unpaired) electrons. The Labute approximate surface area is 123 Å². The molecule has 114 valence electrons. The van der Waals surface area contributed by atoms with Gasteiger partial charge in [0.15, 0.2) is 0 Å². The van der Waals surface area contributed by atoms with Crippen LogP contribution in [-0.4, -0.2) is 13.0 Å². The monoisotopic (exact) mass is 298 g/mol. The first-order valence-electron chi connectivity index (χ1n) is 7.53. The molecule has 1 atom stereocenters. The van der Waals surface area contributed by atoms with Crippen molar-refractivity contribution in [3.05, 3.63) is 29.8 Å². The predicted molar refractivity (Wildman–Crippen MR) is 82.5 cm³/mol. The van der Waals surface area contributed by atoms with Gasteiger partial charge in [0, 0.05) is 0 Å². The SMILES string of the molecule is CCCCCCC(CC)Cc1ccc(S(=O)(=O)O)cc1. The number of benzene rings is 1. The molecule has 20 heavy (non-hydrogen) atoms. The molecule has 0 amide bonds. The molecule has 0 bridgehead atoms. The van der Waals surface area contributed by atoms with Crippen molar-refractivity contribution in [1.29, 1.82) is 0 Å². The van der Waals surface area contributed by atoms with Gasteiger partial charge in [0.05, 0.1) is 4.90 Å². The first kappa shape index (κ1) is 17.2. The average Bonchev–Trinajstić information content (AvgIpc) is 2.42. The second kappa shape index (κ2) is 8.42. The summed E-state index contributed by atoms with van der Waals surface area (Å²) in [6.45, 7) is 4.42. The minimum Gasteiger partial charge on any atom is -0.282 e. The van der Waals surface area contributed by atoms with Crippen molar-refractivity contribution in [3.8, 4) is 0 Å². The first-order valence-corrected chi connectivity index (χ1v) is 8.97. The zero-order chi connectivity index (χ0) is 15.0. The summed E-state index contributed by atoms with van der Waals surface area (Å²) in [4.78, 5) is -0.0303. The Balaban J connectivity index is 2.53. The van der Waals surface area contributed by atoms with E-state index in [-0.39, 0.29) is 4.90 Å². The van der Waals surface area contributed by atoms with E-state index >= 15 is 0 Å². The second-order valence-corrected chi connectivity index (χ2v) is 6.87. The van der Waals surface area contributed by atoms with Gasteiger partial charge < -0.3 is 0 Å². The molecule has 1 N–H and O–H groups in total. The van der Waals surface area contributed by atoms with Crippen LogP contribution in [-0.2, 0) is 16.5 Å². The second-order valence-electron chi connectivity index (χ2n) is 5.45.